The number of benzene rings is 1. The van der Waals surface area contributed by atoms with E-state index in [9.17, 15) is 4.79 Å². The van der Waals surface area contributed by atoms with Crippen LogP contribution in [-0.4, -0.2) is 32.6 Å². The summed E-state index contributed by atoms with van der Waals surface area (Å²) in [6.45, 7) is 4.73. The Morgan fingerprint density at radius 3 is 2.83 bits per heavy atom. The fourth-order valence-electron chi connectivity index (χ4n) is 2.18. The van der Waals surface area contributed by atoms with Crippen LogP contribution in [0.3, 0.4) is 0 Å². The minimum Gasteiger partial charge on any atom is -0.493 e. The molecule has 2 aromatic heterocycles. The number of carbonyl (C=O) groups is 1. The van der Waals surface area contributed by atoms with E-state index in [1.807, 2.05) is 18.2 Å². The van der Waals surface area contributed by atoms with Crippen molar-refractivity contribution in [2.24, 2.45) is 5.92 Å². The molecule has 2 heterocycles. The summed E-state index contributed by atoms with van der Waals surface area (Å²) in [5.41, 5.74) is 2.43. The molecule has 0 aliphatic heterocycles. The quantitative estimate of drug-likeness (QED) is 0.747. The molecule has 1 aromatic carbocycles. The van der Waals surface area contributed by atoms with Crippen LogP contribution in [0.5, 0.6) is 5.75 Å². The van der Waals surface area contributed by atoms with Gasteiger partial charge in [-0.2, -0.15) is 5.10 Å². The number of hydrogen-bond donors (Lipinski definition) is 1. The Kier molecular flexibility index (Phi) is 4.33. The van der Waals surface area contributed by atoms with Gasteiger partial charge in [-0.05, 0) is 24.1 Å². The van der Waals surface area contributed by atoms with Gasteiger partial charge in [-0.25, -0.2) is 9.48 Å². The number of hydrogen-bond acceptors (Lipinski definition) is 5. The largest absolute Gasteiger partial charge is 0.493 e. The molecule has 0 bridgehead atoms. The van der Waals surface area contributed by atoms with Crippen molar-refractivity contribution in [1.29, 1.82) is 0 Å². The van der Waals surface area contributed by atoms with Crippen molar-refractivity contribution in [3.63, 3.8) is 0 Å². The number of aromatic carboxylic acids is 1. The van der Waals surface area contributed by atoms with Crippen molar-refractivity contribution in [2.45, 2.75) is 13.8 Å². The summed E-state index contributed by atoms with van der Waals surface area (Å²) in [4.78, 5) is 11.0. The average molecular weight is 327 g/mol. The number of ether oxygens (including phenoxy) is 1. The maximum absolute atomic E-state index is 11.0. The molecule has 0 unspecified atom stereocenters. The van der Waals surface area contributed by atoms with Gasteiger partial charge in [0.25, 0.3) is 0 Å². The summed E-state index contributed by atoms with van der Waals surface area (Å²) >= 11 is 0. The van der Waals surface area contributed by atoms with Gasteiger partial charge in [-0.3, -0.25) is 0 Å². The smallest absolute Gasteiger partial charge is 0.338 e. The zero-order valence-electron chi connectivity index (χ0n) is 13.3. The van der Waals surface area contributed by atoms with Crippen LogP contribution in [0.25, 0.3) is 16.8 Å². The lowest BCUT2D eigenvalue weighted by atomic mass is 10.1. The van der Waals surface area contributed by atoms with E-state index in [2.05, 4.69) is 24.1 Å². The number of carboxylic acid groups (broad SMARTS) is 1. The van der Waals surface area contributed by atoms with Gasteiger partial charge < -0.3 is 14.4 Å². The molecular formula is C17H17N3O4. The Morgan fingerprint density at radius 2 is 2.21 bits per heavy atom. The topological polar surface area (TPSA) is 90.4 Å². The minimum absolute atomic E-state index is 0.127. The second-order valence-corrected chi connectivity index (χ2v) is 5.78. The van der Waals surface area contributed by atoms with E-state index in [0.717, 1.165) is 16.8 Å². The predicted octanol–water partition coefficient (Wildman–Crippen LogP) is 3.26. The molecule has 7 heteroatoms. The van der Waals surface area contributed by atoms with Gasteiger partial charge in [0.1, 0.15) is 12.0 Å². The van der Waals surface area contributed by atoms with Crippen LogP contribution in [0.4, 0.5) is 0 Å². The Hall–Kier alpha value is -3.09. The molecule has 0 atom stereocenters. The Labute approximate surface area is 138 Å². The summed E-state index contributed by atoms with van der Waals surface area (Å²) in [7, 11) is 0. The van der Waals surface area contributed by atoms with Crippen LogP contribution in [0.15, 0.2) is 47.6 Å². The lowest BCUT2D eigenvalue weighted by molar-refractivity contribution is 0.0697. The van der Waals surface area contributed by atoms with Crippen LogP contribution >= 0.6 is 0 Å². The molecule has 3 rings (SSSR count). The maximum Gasteiger partial charge on any atom is 0.338 e. The molecule has 0 aliphatic rings. The van der Waals surface area contributed by atoms with Gasteiger partial charge in [0, 0.05) is 17.3 Å². The fourth-order valence-corrected chi connectivity index (χ4v) is 2.18. The molecule has 0 saturated heterocycles. The first-order valence-electron chi connectivity index (χ1n) is 7.49. The molecule has 124 valence electrons. The number of aromatic nitrogens is 3. The van der Waals surface area contributed by atoms with Crippen molar-refractivity contribution in [2.75, 3.05) is 6.61 Å². The van der Waals surface area contributed by atoms with Crippen LogP contribution in [0.1, 0.15) is 24.2 Å². The average Bonchev–Trinajstić information content (AvgIpc) is 3.24. The predicted molar refractivity (Wildman–Crippen MR) is 86.4 cm³/mol. The third kappa shape index (κ3) is 3.29. The molecule has 0 aliphatic carbocycles. The fraction of sp³-hybridized carbons (Fsp3) is 0.235. The molecule has 3 aromatic rings. The van der Waals surface area contributed by atoms with Gasteiger partial charge in [-0.15, -0.1) is 0 Å². The highest BCUT2D eigenvalue weighted by Crippen LogP contribution is 2.32. The number of carboxylic acids is 1. The van der Waals surface area contributed by atoms with Gasteiger partial charge in [0.2, 0.25) is 0 Å². The molecule has 7 nitrogen and oxygen atoms in total. The summed E-state index contributed by atoms with van der Waals surface area (Å²) in [5, 5.41) is 16.8. The summed E-state index contributed by atoms with van der Waals surface area (Å²) in [5.74, 6) is 0.0860. The van der Waals surface area contributed by atoms with E-state index in [4.69, 9.17) is 14.4 Å². The summed E-state index contributed by atoms with van der Waals surface area (Å²) in [6.07, 6.45) is 5.91. The molecule has 0 spiro atoms. The van der Waals surface area contributed by atoms with Gasteiger partial charge in [0.05, 0.1) is 30.3 Å². The van der Waals surface area contributed by atoms with E-state index in [0.29, 0.717) is 18.3 Å². The second-order valence-electron chi connectivity index (χ2n) is 5.78. The monoisotopic (exact) mass is 327 g/mol. The van der Waals surface area contributed by atoms with Crippen molar-refractivity contribution < 1.29 is 19.2 Å². The minimum atomic E-state index is -1.02. The molecule has 24 heavy (non-hydrogen) atoms. The second kappa shape index (κ2) is 6.57. The van der Waals surface area contributed by atoms with Crippen LogP contribution in [-0.2, 0) is 0 Å². The first-order chi connectivity index (χ1) is 11.5. The zero-order valence-corrected chi connectivity index (χ0v) is 13.3. The van der Waals surface area contributed by atoms with E-state index in [1.54, 1.807) is 6.20 Å². The number of rotatable bonds is 6. The van der Waals surface area contributed by atoms with Crippen molar-refractivity contribution in [3.8, 4) is 22.6 Å². The molecule has 1 N–H and O–H groups in total. The third-order valence-electron chi connectivity index (χ3n) is 3.37. The Morgan fingerprint density at radius 1 is 1.38 bits per heavy atom. The van der Waals surface area contributed by atoms with E-state index in [-0.39, 0.29) is 5.56 Å². The van der Waals surface area contributed by atoms with Gasteiger partial charge in [0.15, 0.2) is 0 Å². The lowest BCUT2D eigenvalue weighted by Crippen LogP contribution is -2.06. The summed E-state index contributed by atoms with van der Waals surface area (Å²) in [6, 6.07) is 5.52. The Bertz CT molecular complexity index is 837. The standard InChI is InChI=1S/C17H17N3O4/c1-11(2)9-23-16-4-3-14(5-15(16)13-7-19-24-10-13)20-8-12(6-18-20)17(21)22/h3-8,10-11H,9H2,1-2H3,(H,21,22). The first-order valence-corrected chi connectivity index (χ1v) is 7.49. The highest BCUT2D eigenvalue weighted by Gasteiger charge is 2.13. The zero-order chi connectivity index (χ0) is 17.1. The van der Waals surface area contributed by atoms with Crippen molar-refractivity contribution in [3.05, 3.63) is 48.6 Å². The van der Waals surface area contributed by atoms with Crippen LogP contribution in [0.2, 0.25) is 0 Å². The van der Waals surface area contributed by atoms with Gasteiger partial charge in [-0.1, -0.05) is 19.0 Å². The van der Waals surface area contributed by atoms with E-state index >= 15 is 0 Å². The van der Waals surface area contributed by atoms with E-state index in [1.165, 1.54) is 23.3 Å². The third-order valence-corrected chi connectivity index (χ3v) is 3.37. The van der Waals surface area contributed by atoms with Crippen LogP contribution < -0.4 is 4.74 Å². The van der Waals surface area contributed by atoms with Crippen LogP contribution in [0, 0.1) is 5.92 Å². The SMILES string of the molecule is CC(C)COc1ccc(-n2cc(C(=O)O)cn2)cc1-c1cnoc1. The molecule has 0 fully saturated rings. The Balaban J connectivity index is 2.00. The molecule has 0 saturated carbocycles. The number of nitrogens with zero attached hydrogens (tertiary/aromatic N) is 3. The highest BCUT2D eigenvalue weighted by atomic mass is 16.5. The molecule has 0 radical (unpaired) electrons. The molecule has 0 amide bonds. The maximum atomic E-state index is 11.0. The van der Waals surface area contributed by atoms with Crippen molar-refractivity contribution >= 4 is 5.97 Å². The molecular weight excluding hydrogens is 310 g/mol. The van der Waals surface area contributed by atoms with Gasteiger partial charge >= 0.3 is 5.97 Å². The van der Waals surface area contributed by atoms with E-state index < -0.39 is 5.97 Å². The highest BCUT2D eigenvalue weighted by molar-refractivity contribution is 5.87. The normalized spacial score (nSPS) is 11.0. The summed E-state index contributed by atoms with van der Waals surface area (Å²) < 4.78 is 12.3. The van der Waals surface area contributed by atoms with Crippen molar-refractivity contribution in [1.82, 2.24) is 14.9 Å². The first kappa shape index (κ1) is 15.8. The lowest BCUT2D eigenvalue weighted by Gasteiger charge is -2.13.